The Kier molecular flexibility index (Phi) is 4.29. The van der Waals surface area contributed by atoms with E-state index in [1.807, 2.05) is 13.8 Å². The van der Waals surface area contributed by atoms with Gasteiger partial charge in [0.15, 0.2) is 0 Å². The van der Waals surface area contributed by atoms with E-state index >= 15 is 0 Å². The van der Waals surface area contributed by atoms with Crippen LogP contribution in [0.5, 0.6) is 0 Å². The van der Waals surface area contributed by atoms with E-state index in [4.69, 9.17) is 10.5 Å². The molecule has 0 aromatic rings. The summed E-state index contributed by atoms with van der Waals surface area (Å²) in [6.07, 6.45) is 0.356. The van der Waals surface area contributed by atoms with E-state index in [1.165, 1.54) is 7.11 Å². The SMILES string of the molecule is COC(=O)C(C)(N)CN1CC(C)OC(C)C1. The van der Waals surface area contributed by atoms with Crippen molar-refractivity contribution in [2.24, 2.45) is 5.73 Å². The van der Waals surface area contributed by atoms with Crippen molar-refractivity contribution in [3.8, 4) is 0 Å². The molecule has 94 valence electrons. The van der Waals surface area contributed by atoms with Crippen LogP contribution in [0.2, 0.25) is 0 Å². The lowest BCUT2D eigenvalue weighted by molar-refractivity contribution is -0.148. The van der Waals surface area contributed by atoms with Gasteiger partial charge >= 0.3 is 5.97 Å². The van der Waals surface area contributed by atoms with E-state index in [2.05, 4.69) is 9.64 Å². The van der Waals surface area contributed by atoms with Crippen molar-refractivity contribution in [1.82, 2.24) is 4.90 Å². The van der Waals surface area contributed by atoms with Crippen LogP contribution in [0.4, 0.5) is 0 Å². The first-order chi connectivity index (χ1) is 7.35. The van der Waals surface area contributed by atoms with E-state index in [9.17, 15) is 4.79 Å². The summed E-state index contributed by atoms with van der Waals surface area (Å²) in [5.41, 5.74) is 4.98. The van der Waals surface area contributed by atoms with E-state index in [1.54, 1.807) is 6.92 Å². The van der Waals surface area contributed by atoms with Gasteiger partial charge < -0.3 is 15.2 Å². The van der Waals surface area contributed by atoms with Crippen molar-refractivity contribution >= 4 is 5.97 Å². The van der Waals surface area contributed by atoms with Gasteiger partial charge in [0.25, 0.3) is 0 Å². The molecule has 1 aliphatic rings. The van der Waals surface area contributed by atoms with Crippen LogP contribution in [-0.2, 0) is 14.3 Å². The summed E-state index contributed by atoms with van der Waals surface area (Å²) in [5, 5.41) is 0. The fraction of sp³-hybridized carbons (Fsp3) is 0.909. The van der Waals surface area contributed by atoms with E-state index in [0.717, 1.165) is 13.1 Å². The predicted molar refractivity (Wildman–Crippen MR) is 61.1 cm³/mol. The number of nitrogens with zero attached hydrogens (tertiary/aromatic N) is 1. The maximum atomic E-state index is 11.5. The molecule has 0 amide bonds. The normalized spacial score (nSPS) is 30.8. The van der Waals surface area contributed by atoms with Crippen LogP contribution in [0.25, 0.3) is 0 Å². The lowest BCUT2D eigenvalue weighted by Gasteiger charge is -2.38. The van der Waals surface area contributed by atoms with Crippen molar-refractivity contribution in [2.75, 3.05) is 26.7 Å². The second-order valence-corrected chi connectivity index (χ2v) is 4.86. The van der Waals surface area contributed by atoms with Crippen molar-refractivity contribution in [1.29, 1.82) is 0 Å². The largest absolute Gasteiger partial charge is 0.468 e. The highest BCUT2D eigenvalue weighted by Gasteiger charge is 2.34. The average Bonchev–Trinajstić information content (AvgIpc) is 2.13. The Balaban J connectivity index is 2.56. The summed E-state index contributed by atoms with van der Waals surface area (Å²) in [6, 6.07) is 0. The van der Waals surface area contributed by atoms with Gasteiger partial charge in [0, 0.05) is 19.6 Å². The molecule has 0 aromatic carbocycles. The van der Waals surface area contributed by atoms with Gasteiger partial charge in [-0.2, -0.15) is 0 Å². The molecular formula is C11H22N2O3. The summed E-state index contributed by atoms with van der Waals surface area (Å²) in [7, 11) is 1.36. The number of esters is 1. The number of hydrogen-bond acceptors (Lipinski definition) is 5. The first-order valence-corrected chi connectivity index (χ1v) is 5.60. The Morgan fingerprint density at radius 1 is 1.50 bits per heavy atom. The number of methoxy groups -OCH3 is 1. The van der Waals surface area contributed by atoms with Crippen LogP contribution in [0.3, 0.4) is 0 Å². The summed E-state index contributed by atoms with van der Waals surface area (Å²) in [6.45, 7) is 7.84. The highest BCUT2D eigenvalue weighted by Crippen LogP contribution is 2.14. The minimum Gasteiger partial charge on any atom is -0.468 e. The Bertz CT molecular complexity index is 246. The van der Waals surface area contributed by atoms with Gasteiger partial charge in [0.2, 0.25) is 0 Å². The molecule has 0 saturated carbocycles. The minimum absolute atomic E-state index is 0.178. The maximum Gasteiger partial charge on any atom is 0.326 e. The summed E-state index contributed by atoms with van der Waals surface area (Å²) in [5.74, 6) is -0.376. The highest BCUT2D eigenvalue weighted by atomic mass is 16.5. The second kappa shape index (κ2) is 5.12. The van der Waals surface area contributed by atoms with Crippen LogP contribution >= 0.6 is 0 Å². The van der Waals surface area contributed by atoms with Crippen molar-refractivity contribution < 1.29 is 14.3 Å². The maximum absolute atomic E-state index is 11.5. The highest BCUT2D eigenvalue weighted by molar-refractivity contribution is 5.80. The average molecular weight is 230 g/mol. The molecule has 5 heteroatoms. The van der Waals surface area contributed by atoms with Crippen LogP contribution in [-0.4, -0.2) is 55.4 Å². The molecule has 0 radical (unpaired) electrons. The van der Waals surface area contributed by atoms with Crippen LogP contribution in [0, 0.1) is 0 Å². The smallest absolute Gasteiger partial charge is 0.326 e. The summed E-state index contributed by atoms with van der Waals surface area (Å²) >= 11 is 0. The molecule has 2 N–H and O–H groups in total. The zero-order chi connectivity index (χ0) is 12.3. The topological polar surface area (TPSA) is 64.8 Å². The number of carbonyl (C=O) groups is 1. The molecule has 1 rings (SSSR count). The fourth-order valence-corrected chi connectivity index (χ4v) is 2.18. The number of rotatable bonds is 3. The van der Waals surface area contributed by atoms with E-state index in [0.29, 0.717) is 6.54 Å². The monoisotopic (exact) mass is 230 g/mol. The molecule has 0 aromatic heterocycles. The van der Waals surface area contributed by atoms with Gasteiger partial charge in [-0.05, 0) is 20.8 Å². The molecule has 0 spiro atoms. The molecule has 1 aliphatic heterocycles. The molecule has 1 fully saturated rings. The molecule has 0 aliphatic carbocycles. The first-order valence-electron chi connectivity index (χ1n) is 5.60. The number of morpholine rings is 1. The Hall–Kier alpha value is -0.650. The van der Waals surface area contributed by atoms with Gasteiger partial charge in [-0.3, -0.25) is 9.69 Å². The van der Waals surface area contributed by atoms with Crippen LogP contribution in [0.15, 0.2) is 0 Å². The third-order valence-electron chi connectivity index (χ3n) is 2.70. The summed E-state index contributed by atoms with van der Waals surface area (Å²) < 4.78 is 10.3. The molecule has 0 bridgehead atoms. The minimum atomic E-state index is -0.953. The quantitative estimate of drug-likeness (QED) is 0.691. The number of nitrogens with two attached hydrogens (primary N) is 1. The summed E-state index contributed by atoms with van der Waals surface area (Å²) in [4.78, 5) is 13.6. The lowest BCUT2D eigenvalue weighted by atomic mass is 10.0. The Labute approximate surface area is 96.9 Å². The predicted octanol–water partition coefficient (Wildman–Crippen LogP) is -0.0140. The van der Waals surface area contributed by atoms with Gasteiger partial charge in [0.1, 0.15) is 5.54 Å². The zero-order valence-electron chi connectivity index (χ0n) is 10.5. The Morgan fingerprint density at radius 2 is 2.00 bits per heavy atom. The molecule has 3 unspecified atom stereocenters. The molecule has 1 saturated heterocycles. The fourth-order valence-electron chi connectivity index (χ4n) is 2.18. The van der Waals surface area contributed by atoms with Crippen molar-refractivity contribution in [2.45, 2.75) is 38.5 Å². The van der Waals surface area contributed by atoms with Crippen LogP contribution in [0.1, 0.15) is 20.8 Å². The standard InChI is InChI=1S/C11H22N2O3/c1-8-5-13(6-9(2)16-8)7-11(3,12)10(14)15-4/h8-9H,5-7,12H2,1-4H3. The molecule has 16 heavy (non-hydrogen) atoms. The van der Waals surface area contributed by atoms with Gasteiger partial charge in [0.05, 0.1) is 19.3 Å². The zero-order valence-corrected chi connectivity index (χ0v) is 10.5. The van der Waals surface area contributed by atoms with Gasteiger partial charge in [-0.25, -0.2) is 0 Å². The third kappa shape index (κ3) is 3.43. The molecule has 3 atom stereocenters. The molecular weight excluding hydrogens is 208 g/mol. The molecule has 5 nitrogen and oxygen atoms in total. The Morgan fingerprint density at radius 3 is 2.44 bits per heavy atom. The van der Waals surface area contributed by atoms with E-state index < -0.39 is 5.54 Å². The second-order valence-electron chi connectivity index (χ2n) is 4.86. The number of carbonyl (C=O) groups excluding carboxylic acids is 1. The first kappa shape index (κ1) is 13.4. The van der Waals surface area contributed by atoms with Gasteiger partial charge in [-0.15, -0.1) is 0 Å². The lowest BCUT2D eigenvalue weighted by Crippen LogP contribution is -2.58. The molecule has 1 heterocycles. The number of ether oxygens (including phenoxy) is 2. The number of hydrogen-bond donors (Lipinski definition) is 1. The van der Waals surface area contributed by atoms with Crippen molar-refractivity contribution in [3.63, 3.8) is 0 Å². The van der Waals surface area contributed by atoms with Gasteiger partial charge in [-0.1, -0.05) is 0 Å². The van der Waals surface area contributed by atoms with E-state index in [-0.39, 0.29) is 18.2 Å². The third-order valence-corrected chi connectivity index (χ3v) is 2.70. The van der Waals surface area contributed by atoms with Crippen molar-refractivity contribution in [3.05, 3.63) is 0 Å². The van der Waals surface area contributed by atoms with Crippen LogP contribution < -0.4 is 5.73 Å².